The Balaban J connectivity index is -0.000000245. The molecule has 1 radical (unpaired) electrons. The molecule has 0 N–H and O–H groups in total. The van der Waals surface area contributed by atoms with E-state index in [1.807, 2.05) is 38.1 Å². The van der Waals surface area contributed by atoms with Crippen LogP contribution in [0.3, 0.4) is 0 Å². The van der Waals surface area contributed by atoms with E-state index in [1.165, 1.54) is 6.08 Å². The van der Waals surface area contributed by atoms with Gasteiger partial charge >= 0.3 is 19.5 Å². The first kappa shape index (κ1) is 26.6. The zero-order valence-corrected chi connectivity index (χ0v) is 15.9. The molecule has 0 aromatic heterocycles. The molecule has 0 heterocycles. The van der Waals surface area contributed by atoms with Gasteiger partial charge in [-0.1, -0.05) is 20.4 Å². The third kappa shape index (κ3) is 8.26. The molecule has 4 heteroatoms. The molecule has 0 saturated heterocycles. The van der Waals surface area contributed by atoms with Gasteiger partial charge in [-0.2, -0.15) is 55.7 Å². The van der Waals surface area contributed by atoms with Crippen molar-refractivity contribution in [1.29, 1.82) is 0 Å². The van der Waals surface area contributed by atoms with Crippen molar-refractivity contribution in [3.63, 3.8) is 0 Å². The fraction of sp³-hybridized carbons (Fsp3) is 0.286. The molecule has 105 valence electrons. The van der Waals surface area contributed by atoms with E-state index >= 15 is 0 Å². The van der Waals surface area contributed by atoms with Crippen LogP contribution in [-0.4, -0.2) is 5.78 Å². The molecule has 0 aliphatic carbocycles. The Morgan fingerprint density at radius 2 is 1.94 bits per heavy atom. The normalized spacial score (nSPS) is 8.56. The van der Waals surface area contributed by atoms with Crippen molar-refractivity contribution >= 4 is 25.6 Å². The average molecular weight is 373 g/mol. The molecule has 0 bridgehead atoms. The van der Waals surface area contributed by atoms with Crippen LogP contribution in [-0.2, 0) is 29.7 Å². The van der Waals surface area contributed by atoms with Gasteiger partial charge in [0.2, 0.25) is 0 Å². The standard InChI is InChI=1S/C13H15O.CH3.2H3P.Rh/c1-4-12(14)10-13(2,3)11-8-6-5-7-9-11;;;;/h4-8H,1,10H2,2-3H3;3*1H3;/q2*-1;;;+2. The second-order valence-corrected chi connectivity index (χ2v) is 4.01. The third-order valence-electron chi connectivity index (χ3n) is 2.28. The topological polar surface area (TPSA) is 17.1 Å². The number of hydrogen-bond acceptors (Lipinski definition) is 1. The van der Waals surface area contributed by atoms with Gasteiger partial charge in [-0.3, -0.25) is 4.79 Å². The third-order valence-corrected chi connectivity index (χ3v) is 2.28. The molecule has 1 aromatic carbocycles. The maximum atomic E-state index is 11.3. The molecule has 0 fully saturated rings. The van der Waals surface area contributed by atoms with Gasteiger partial charge in [0.25, 0.3) is 0 Å². The van der Waals surface area contributed by atoms with E-state index in [0.29, 0.717) is 6.42 Å². The van der Waals surface area contributed by atoms with E-state index in [0.717, 1.165) is 5.56 Å². The number of carbonyl (C=O) groups excluding carboxylic acids is 1. The van der Waals surface area contributed by atoms with Crippen LogP contribution in [0.5, 0.6) is 0 Å². The summed E-state index contributed by atoms with van der Waals surface area (Å²) in [6, 6.07) is 10.9. The molecule has 0 aliphatic heterocycles. The van der Waals surface area contributed by atoms with Gasteiger partial charge in [-0.15, -0.1) is 0 Å². The van der Waals surface area contributed by atoms with Crippen LogP contribution in [0.15, 0.2) is 36.9 Å². The second-order valence-electron chi connectivity index (χ2n) is 4.01. The number of hydrogen-bond donors (Lipinski definition) is 0. The Hall–Kier alpha value is 0.113. The van der Waals surface area contributed by atoms with E-state index in [4.69, 9.17) is 0 Å². The summed E-state index contributed by atoms with van der Waals surface area (Å²) in [7, 11) is 0. The molecule has 0 aliphatic rings. The molecule has 2 unspecified atom stereocenters. The number of ketones is 1. The van der Waals surface area contributed by atoms with E-state index < -0.39 is 0 Å². The fourth-order valence-corrected chi connectivity index (χ4v) is 1.42. The largest absolute Gasteiger partial charge is 2.00 e. The van der Waals surface area contributed by atoms with Gasteiger partial charge in [0.1, 0.15) is 0 Å². The summed E-state index contributed by atoms with van der Waals surface area (Å²) >= 11 is 0. The Morgan fingerprint density at radius 1 is 1.39 bits per heavy atom. The van der Waals surface area contributed by atoms with Crippen molar-refractivity contribution in [2.24, 2.45) is 0 Å². The predicted molar refractivity (Wildman–Crippen MR) is 86.7 cm³/mol. The number of allylic oxidation sites excluding steroid dienone is 1. The van der Waals surface area contributed by atoms with Gasteiger partial charge in [0.05, 0.1) is 0 Å². The maximum absolute atomic E-state index is 11.3. The minimum absolute atomic E-state index is 0. The average Bonchev–Trinajstić information content (AvgIpc) is 2.18. The van der Waals surface area contributed by atoms with E-state index in [1.54, 1.807) is 0 Å². The number of rotatable bonds is 4. The molecule has 1 aromatic rings. The summed E-state index contributed by atoms with van der Waals surface area (Å²) in [5, 5.41) is 0. The van der Waals surface area contributed by atoms with E-state index in [2.05, 4.69) is 12.6 Å². The Labute approximate surface area is 131 Å². The Bertz CT molecular complexity index is 337. The van der Waals surface area contributed by atoms with Crippen molar-refractivity contribution in [3.8, 4) is 0 Å². The monoisotopic (exact) mass is 373 g/mol. The molecule has 1 nitrogen and oxygen atoms in total. The number of carbonyl (C=O) groups is 1. The van der Waals surface area contributed by atoms with Crippen LogP contribution < -0.4 is 0 Å². The van der Waals surface area contributed by atoms with Crippen LogP contribution in [0.2, 0.25) is 0 Å². The van der Waals surface area contributed by atoms with Gasteiger partial charge in [0.15, 0.2) is 5.78 Å². The molecule has 0 spiro atoms. The van der Waals surface area contributed by atoms with Crippen LogP contribution in [0.25, 0.3) is 0 Å². The van der Waals surface area contributed by atoms with Crippen molar-refractivity contribution in [2.75, 3.05) is 0 Å². The first-order chi connectivity index (χ1) is 6.56. The Morgan fingerprint density at radius 3 is 2.33 bits per heavy atom. The van der Waals surface area contributed by atoms with Crippen LogP contribution >= 0.6 is 19.8 Å². The molecular weight excluding hydrogens is 349 g/mol. The smallest absolute Gasteiger partial charge is 0.358 e. The summed E-state index contributed by atoms with van der Waals surface area (Å²) in [6.45, 7) is 7.56. The van der Waals surface area contributed by atoms with Crippen LogP contribution in [0.4, 0.5) is 0 Å². The minimum atomic E-state index is -0.160. The van der Waals surface area contributed by atoms with Crippen molar-refractivity contribution < 1.29 is 24.3 Å². The molecule has 2 atom stereocenters. The number of benzene rings is 1. The summed E-state index contributed by atoms with van der Waals surface area (Å²) < 4.78 is 0. The van der Waals surface area contributed by atoms with E-state index in [9.17, 15) is 4.79 Å². The van der Waals surface area contributed by atoms with Crippen LogP contribution in [0, 0.1) is 13.5 Å². The molecule has 0 saturated carbocycles. The zero-order valence-electron chi connectivity index (χ0n) is 11.5. The van der Waals surface area contributed by atoms with Gasteiger partial charge < -0.3 is 7.43 Å². The quantitative estimate of drug-likeness (QED) is 0.342. The molecule has 1 rings (SSSR count). The van der Waals surface area contributed by atoms with Crippen molar-refractivity contribution in [2.45, 2.75) is 25.7 Å². The summed E-state index contributed by atoms with van der Waals surface area (Å²) in [4.78, 5) is 11.3. The van der Waals surface area contributed by atoms with Gasteiger partial charge in [-0.05, 0) is 11.5 Å². The Kier molecular flexibility index (Phi) is 18.0. The fourth-order valence-electron chi connectivity index (χ4n) is 1.42. The molecule has 18 heavy (non-hydrogen) atoms. The van der Waals surface area contributed by atoms with Crippen LogP contribution in [0.1, 0.15) is 25.8 Å². The van der Waals surface area contributed by atoms with Gasteiger partial charge in [-0.25, -0.2) is 0 Å². The van der Waals surface area contributed by atoms with Crippen molar-refractivity contribution in [3.05, 3.63) is 56.0 Å². The first-order valence-corrected chi connectivity index (χ1v) is 4.69. The minimum Gasteiger partial charge on any atom is -0.358 e. The molecular formula is C14H24OP2Rh. The zero-order chi connectivity index (χ0) is 10.6. The summed E-state index contributed by atoms with van der Waals surface area (Å²) in [6.07, 6.45) is 1.86. The van der Waals surface area contributed by atoms with E-state index in [-0.39, 0.29) is 57.9 Å². The maximum Gasteiger partial charge on any atom is 2.00 e. The molecule has 0 amide bonds. The predicted octanol–water partition coefficient (Wildman–Crippen LogP) is 3.47. The van der Waals surface area contributed by atoms with Gasteiger partial charge in [0, 0.05) is 6.42 Å². The van der Waals surface area contributed by atoms with Crippen molar-refractivity contribution in [1.82, 2.24) is 0 Å². The summed E-state index contributed by atoms with van der Waals surface area (Å²) in [5.41, 5.74) is 0.905. The summed E-state index contributed by atoms with van der Waals surface area (Å²) in [5.74, 6) is 0.0762. The second kappa shape index (κ2) is 12.2. The SMILES string of the molecule is C=CC(=O)CC(C)(C)c1[c-]cccc1.P.P.[CH3-].[Rh+2]. The first-order valence-electron chi connectivity index (χ1n) is 4.69.